The van der Waals surface area contributed by atoms with Gasteiger partial charge in [0.25, 0.3) is 0 Å². The number of nitrogens with one attached hydrogen (secondary N) is 1. The Morgan fingerprint density at radius 3 is 2.93 bits per heavy atom. The Balaban J connectivity index is 2.12. The maximum Gasteiger partial charge on any atom is 0.102 e. The molecular formula is C12H25FN2. The lowest BCUT2D eigenvalue weighted by Crippen LogP contribution is -2.41. The molecule has 0 aromatic rings. The van der Waals surface area contributed by atoms with E-state index in [9.17, 15) is 4.39 Å². The fourth-order valence-corrected chi connectivity index (χ4v) is 2.22. The minimum Gasteiger partial charge on any atom is -0.316 e. The Bertz CT molecular complexity index is 160. The van der Waals surface area contributed by atoms with E-state index < -0.39 is 0 Å². The van der Waals surface area contributed by atoms with Gasteiger partial charge < -0.3 is 10.2 Å². The van der Waals surface area contributed by atoms with Gasteiger partial charge in [-0.1, -0.05) is 13.8 Å². The number of hydrogen-bond acceptors (Lipinski definition) is 2. The van der Waals surface area contributed by atoms with Gasteiger partial charge in [-0.05, 0) is 44.3 Å². The van der Waals surface area contributed by atoms with Crippen LogP contribution in [0.3, 0.4) is 0 Å². The molecule has 1 unspecified atom stereocenters. The zero-order valence-electron chi connectivity index (χ0n) is 10.1. The van der Waals surface area contributed by atoms with Gasteiger partial charge >= 0.3 is 0 Å². The van der Waals surface area contributed by atoms with Crippen molar-refractivity contribution in [3.8, 4) is 0 Å². The van der Waals surface area contributed by atoms with Gasteiger partial charge in [-0.2, -0.15) is 0 Å². The van der Waals surface area contributed by atoms with Crippen molar-refractivity contribution in [1.29, 1.82) is 0 Å². The summed E-state index contributed by atoms with van der Waals surface area (Å²) < 4.78 is 12.2. The summed E-state index contributed by atoms with van der Waals surface area (Å²) in [4.78, 5) is 2.26. The third-order valence-electron chi connectivity index (χ3n) is 2.99. The average molecular weight is 216 g/mol. The monoisotopic (exact) mass is 216 g/mol. The highest BCUT2D eigenvalue weighted by Gasteiger charge is 2.18. The molecule has 3 heteroatoms. The van der Waals surface area contributed by atoms with Crippen molar-refractivity contribution < 1.29 is 4.39 Å². The molecule has 1 atom stereocenters. The second-order valence-electron chi connectivity index (χ2n) is 5.05. The van der Waals surface area contributed by atoms with Crippen molar-refractivity contribution in [2.45, 2.75) is 26.7 Å². The second-order valence-corrected chi connectivity index (χ2v) is 5.05. The molecule has 1 fully saturated rings. The van der Waals surface area contributed by atoms with E-state index in [0.717, 1.165) is 38.0 Å². The first-order valence-corrected chi connectivity index (χ1v) is 6.21. The molecule has 0 aromatic heterocycles. The Kier molecular flexibility index (Phi) is 6.18. The van der Waals surface area contributed by atoms with Gasteiger partial charge in [-0.25, -0.2) is 4.39 Å². The van der Waals surface area contributed by atoms with Crippen molar-refractivity contribution >= 4 is 0 Å². The highest BCUT2D eigenvalue weighted by molar-refractivity contribution is 4.74. The van der Waals surface area contributed by atoms with E-state index in [2.05, 4.69) is 24.1 Å². The van der Waals surface area contributed by atoms with Gasteiger partial charge in [0.15, 0.2) is 0 Å². The van der Waals surface area contributed by atoms with E-state index >= 15 is 0 Å². The van der Waals surface area contributed by atoms with E-state index in [1.807, 2.05) is 0 Å². The molecule has 0 saturated carbocycles. The molecule has 2 nitrogen and oxygen atoms in total. The topological polar surface area (TPSA) is 15.3 Å². The SMILES string of the molecule is CC(C)CNCC1CCCN(CCF)C1. The highest BCUT2D eigenvalue weighted by Crippen LogP contribution is 2.15. The van der Waals surface area contributed by atoms with Crippen LogP contribution in [-0.4, -0.2) is 44.3 Å². The van der Waals surface area contributed by atoms with Crippen LogP contribution in [0.15, 0.2) is 0 Å². The number of piperidine rings is 1. The predicted octanol–water partition coefficient (Wildman–Crippen LogP) is 1.91. The van der Waals surface area contributed by atoms with Gasteiger partial charge in [0.05, 0.1) is 0 Å². The average Bonchev–Trinajstić information content (AvgIpc) is 2.18. The van der Waals surface area contributed by atoms with E-state index in [1.165, 1.54) is 12.8 Å². The molecule has 1 heterocycles. The quantitative estimate of drug-likeness (QED) is 0.729. The molecule has 1 rings (SSSR count). The van der Waals surface area contributed by atoms with Gasteiger partial charge in [0.1, 0.15) is 6.67 Å². The van der Waals surface area contributed by atoms with Crippen molar-refractivity contribution in [1.82, 2.24) is 10.2 Å². The number of halogens is 1. The Hall–Kier alpha value is -0.150. The van der Waals surface area contributed by atoms with E-state index in [-0.39, 0.29) is 6.67 Å². The van der Waals surface area contributed by atoms with Crippen LogP contribution in [0.25, 0.3) is 0 Å². The first-order valence-electron chi connectivity index (χ1n) is 6.21. The lowest BCUT2D eigenvalue weighted by molar-refractivity contribution is 0.161. The van der Waals surface area contributed by atoms with Crippen molar-refractivity contribution in [3.63, 3.8) is 0 Å². The summed E-state index contributed by atoms with van der Waals surface area (Å²) in [5.41, 5.74) is 0. The van der Waals surface area contributed by atoms with E-state index in [4.69, 9.17) is 0 Å². The predicted molar refractivity (Wildman–Crippen MR) is 62.8 cm³/mol. The number of rotatable bonds is 6. The van der Waals surface area contributed by atoms with Crippen molar-refractivity contribution in [2.24, 2.45) is 11.8 Å². The molecule has 0 amide bonds. The summed E-state index contributed by atoms with van der Waals surface area (Å²) in [5.74, 6) is 1.44. The molecule has 0 aliphatic carbocycles. The highest BCUT2D eigenvalue weighted by atomic mass is 19.1. The normalized spacial score (nSPS) is 23.6. The Labute approximate surface area is 93.2 Å². The number of hydrogen-bond donors (Lipinski definition) is 1. The van der Waals surface area contributed by atoms with Crippen molar-refractivity contribution in [2.75, 3.05) is 39.4 Å². The third kappa shape index (κ3) is 5.47. The zero-order chi connectivity index (χ0) is 11.1. The summed E-state index contributed by atoms with van der Waals surface area (Å²) in [6, 6.07) is 0. The van der Waals surface area contributed by atoms with Gasteiger partial charge in [-0.15, -0.1) is 0 Å². The van der Waals surface area contributed by atoms with Crippen LogP contribution in [0.1, 0.15) is 26.7 Å². The molecule has 0 spiro atoms. The zero-order valence-corrected chi connectivity index (χ0v) is 10.1. The number of alkyl halides is 1. The smallest absolute Gasteiger partial charge is 0.102 e. The van der Waals surface area contributed by atoms with Crippen LogP contribution >= 0.6 is 0 Å². The molecule has 1 aliphatic heterocycles. The van der Waals surface area contributed by atoms with Gasteiger partial charge in [-0.3, -0.25) is 0 Å². The minimum atomic E-state index is -0.202. The maximum atomic E-state index is 12.2. The van der Waals surface area contributed by atoms with Crippen LogP contribution < -0.4 is 5.32 Å². The summed E-state index contributed by atoms with van der Waals surface area (Å²) in [6.45, 7) is 9.24. The van der Waals surface area contributed by atoms with Gasteiger partial charge in [0.2, 0.25) is 0 Å². The van der Waals surface area contributed by atoms with E-state index in [1.54, 1.807) is 0 Å². The molecule has 1 N–H and O–H groups in total. The van der Waals surface area contributed by atoms with Crippen LogP contribution in [0.5, 0.6) is 0 Å². The van der Waals surface area contributed by atoms with Crippen LogP contribution in [-0.2, 0) is 0 Å². The summed E-state index contributed by atoms with van der Waals surface area (Å²) in [6.07, 6.45) is 2.53. The van der Waals surface area contributed by atoms with Crippen LogP contribution in [0, 0.1) is 11.8 Å². The first-order chi connectivity index (χ1) is 7.22. The molecule has 0 aromatic carbocycles. The Morgan fingerprint density at radius 2 is 2.27 bits per heavy atom. The molecule has 90 valence electrons. The third-order valence-corrected chi connectivity index (χ3v) is 2.99. The Morgan fingerprint density at radius 1 is 1.47 bits per heavy atom. The van der Waals surface area contributed by atoms with Crippen LogP contribution in [0.4, 0.5) is 4.39 Å². The molecule has 15 heavy (non-hydrogen) atoms. The maximum absolute atomic E-state index is 12.2. The number of nitrogens with zero attached hydrogens (tertiary/aromatic N) is 1. The van der Waals surface area contributed by atoms with Gasteiger partial charge in [0, 0.05) is 13.1 Å². The lowest BCUT2D eigenvalue weighted by Gasteiger charge is -2.32. The van der Waals surface area contributed by atoms with Crippen LogP contribution in [0.2, 0.25) is 0 Å². The van der Waals surface area contributed by atoms with Crippen molar-refractivity contribution in [3.05, 3.63) is 0 Å². The molecule has 0 bridgehead atoms. The fraction of sp³-hybridized carbons (Fsp3) is 1.00. The first kappa shape index (κ1) is 12.9. The lowest BCUT2D eigenvalue weighted by atomic mass is 9.98. The minimum absolute atomic E-state index is 0.202. The number of likely N-dealkylation sites (tertiary alicyclic amines) is 1. The molecular weight excluding hydrogens is 191 g/mol. The summed E-state index contributed by atoms with van der Waals surface area (Å²) in [5, 5.41) is 3.50. The summed E-state index contributed by atoms with van der Waals surface area (Å²) in [7, 11) is 0. The molecule has 1 aliphatic rings. The van der Waals surface area contributed by atoms with E-state index in [0.29, 0.717) is 6.54 Å². The molecule has 1 saturated heterocycles. The standard InChI is InChI=1S/C12H25FN2/c1-11(2)8-14-9-12-4-3-6-15(10-12)7-5-13/h11-12,14H,3-10H2,1-2H3. The second kappa shape index (κ2) is 7.18. The molecule has 0 radical (unpaired) electrons. The fourth-order valence-electron chi connectivity index (χ4n) is 2.22. The summed E-state index contributed by atoms with van der Waals surface area (Å²) >= 11 is 0. The largest absolute Gasteiger partial charge is 0.316 e.